The third kappa shape index (κ3) is 8.51. The number of nitrogens with zero attached hydrogens (tertiary/aromatic N) is 2. The molecule has 1 unspecified atom stereocenters. The van der Waals surface area contributed by atoms with Crippen molar-refractivity contribution in [2.24, 2.45) is 4.99 Å². The maximum Gasteiger partial charge on any atom is 0.191 e. The fourth-order valence-electron chi connectivity index (χ4n) is 2.24. The Morgan fingerprint density at radius 1 is 1.35 bits per heavy atom. The van der Waals surface area contributed by atoms with Crippen molar-refractivity contribution in [2.45, 2.75) is 39.2 Å². The Morgan fingerprint density at radius 3 is 2.77 bits per heavy atom. The third-order valence-electron chi connectivity index (χ3n) is 3.47. The summed E-state index contributed by atoms with van der Waals surface area (Å²) in [5, 5.41) is 20.0. The number of guanidine groups is 1. The summed E-state index contributed by atoms with van der Waals surface area (Å²) in [4.78, 5) is 9.77. The van der Waals surface area contributed by atoms with Crippen LogP contribution in [0.5, 0.6) is 0 Å². The second-order valence-electron chi connectivity index (χ2n) is 5.64. The van der Waals surface area contributed by atoms with E-state index in [4.69, 9.17) is 11.6 Å². The Bertz CT molecular complexity index is 677. The van der Waals surface area contributed by atoms with Crippen molar-refractivity contribution >= 4 is 64.2 Å². The molecule has 3 N–H and O–H groups in total. The second-order valence-corrected chi connectivity index (χ2v) is 8.33. The molecule has 1 atom stereocenters. The first kappa shape index (κ1) is 23.6. The molecule has 0 saturated carbocycles. The molecule has 5 nitrogen and oxygen atoms in total. The van der Waals surface area contributed by atoms with Crippen LogP contribution in [-0.4, -0.2) is 35.7 Å². The van der Waals surface area contributed by atoms with E-state index in [9.17, 15) is 5.11 Å². The quantitative estimate of drug-likeness (QED) is 0.195. The van der Waals surface area contributed by atoms with Gasteiger partial charge in [-0.2, -0.15) is 0 Å². The molecule has 146 valence electrons. The molecule has 0 saturated heterocycles. The van der Waals surface area contributed by atoms with Crippen LogP contribution in [0.15, 0.2) is 22.5 Å². The second kappa shape index (κ2) is 12.9. The van der Waals surface area contributed by atoms with Crippen molar-refractivity contribution < 1.29 is 5.11 Å². The molecule has 9 heteroatoms. The fourth-order valence-corrected chi connectivity index (χ4v) is 4.10. The monoisotopic (exact) mass is 528 g/mol. The summed E-state index contributed by atoms with van der Waals surface area (Å²) in [5.41, 5.74) is 1.10. The first-order valence-electron chi connectivity index (χ1n) is 8.45. The van der Waals surface area contributed by atoms with Crippen molar-refractivity contribution in [3.05, 3.63) is 37.4 Å². The van der Waals surface area contributed by atoms with Gasteiger partial charge in [0, 0.05) is 29.0 Å². The SMILES string of the molecule is CCNC(=NCC(O)c1ccc(Cl)s1)NCCCCc1nc(C)cs1.I. The van der Waals surface area contributed by atoms with E-state index in [1.807, 2.05) is 19.9 Å². The van der Waals surface area contributed by atoms with Crippen LogP contribution in [0.3, 0.4) is 0 Å². The molecule has 2 rings (SSSR count). The Morgan fingerprint density at radius 2 is 2.15 bits per heavy atom. The number of thiophene rings is 1. The van der Waals surface area contributed by atoms with Crippen LogP contribution < -0.4 is 10.6 Å². The van der Waals surface area contributed by atoms with Gasteiger partial charge in [0.1, 0.15) is 6.10 Å². The zero-order valence-electron chi connectivity index (χ0n) is 15.0. The molecule has 2 aromatic heterocycles. The van der Waals surface area contributed by atoms with Gasteiger partial charge in [-0.1, -0.05) is 11.6 Å². The molecule has 0 amide bonds. The van der Waals surface area contributed by atoms with Crippen molar-refractivity contribution in [1.29, 1.82) is 0 Å². The molecule has 0 spiro atoms. The minimum absolute atomic E-state index is 0. The molecule has 0 aliphatic rings. The highest BCUT2D eigenvalue weighted by atomic mass is 127. The first-order valence-corrected chi connectivity index (χ1v) is 10.5. The summed E-state index contributed by atoms with van der Waals surface area (Å²) < 4.78 is 0.679. The first-order chi connectivity index (χ1) is 12.1. The molecule has 26 heavy (non-hydrogen) atoms. The minimum atomic E-state index is -0.624. The number of hydrogen-bond donors (Lipinski definition) is 3. The maximum absolute atomic E-state index is 10.2. The van der Waals surface area contributed by atoms with Crippen molar-refractivity contribution in [1.82, 2.24) is 15.6 Å². The molecule has 2 aromatic rings. The number of thiazole rings is 1. The predicted molar refractivity (Wildman–Crippen MR) is 123 cm³/mol. The Kier molecular flexibility index (Phi) is 11.7. The van der Waals surface area contributed by atoms with Gasteiger partial charge in [-0.25, -0.2) is 4.98 Å². The van der Waals surface area contributed by atoms with Gasteiger partial charge in [0.15, 0.2) is 5.96 Å². The van der Waals surface area contributed by atoms with Crippen molar-refractivity contribution in [3.63, 3.8) is 0 Å². The molecule has 0 bridgehead atoms. The van der Waals surface area contributed by atoms with Crippen LogP contribution in [0.4, 0.5) is 0 Å². The van der Waals surface area contributed by atoms with Gasteiger partial charge in [-0.05, 0) is 45.2 Å². The van der Waals surface area contributed by atoms with Gasteiger partial charge in [0.2, 0.25) is 0 Å². The number of aromatic nitrogens is 1. The summed E-state index contributed by atoms with van der Waals surface area (Å²) in [6, 6.07) is 3.63. The highest BCUT2D eigenvalue weighted by Gasteiger charge is 2.10. The molecule has 0 radical (unpaired) electrons. The summed E-state index contributed by atoms with van der Waals surface area (Å²) in [5.74, 6) is 0.731. The van der Waals surface area contributed by atoms with Crippen LogP contribution in [0.1, 0.15) is 41.4 Å². The molecular formula is C17H26ClIN4OS2. The van der Waals surface area contributed by atoms with Crippen LogP contribution in [-0.2, 0) is 6.42 Å². The lowest BCUT2D eigenvalue weighted by molar-refractivity contribution is 0.191. The Labute approximate surface area is 185 Å². The van der Waals surface area contributed by atoms with Gasteiger partial charge in [0.05, 0.1) is 15.9 Å². The summed E-state index contributed by atoms with van der Waals surface area (Å²) in [6.45, 7) is 5.99. The van der Waals surface area contributed by atoms with E-state index in [0.717, 1.165) is 48.9 Å². The zero-order valence-corrected chi connectivity index (χ0v) is 19.7. The molecule has 0 fully saturated rings. The molecular weight excluding hydrogens is 503 g/mol. The highest BCUT2D eigenvalue weighted by Crippen LogP contribution is 2.26. The number of aryl methyl sites for hydroxylation is 2. The molecule has 2 heterocycles. The predicted octanol–water partition coefficient (Wildman–Crippen LogP) is 4.40. The third-order valence-corrected chi connectivity index (χ3v) is 5.82. The van der Waals surface area contributed by atoms with Gasteiger partial charge in [-0.3, -0.25) is 4.99 Å². The standard InChI is InChI=1S/C17H25ClN4OS2.HI/c1-3-19-17(21-10-13(23)14-7-8-15(18)25-14)20-9-5-4-6-16-22-12(2)11-24-16;/h7-8,11,13,23H,3-6,9-10H2,1-2H3,(H2,19,20,21);1H. The van der Waals surface area contributed by atoms with E-state index in [1.165, 1.54) is 16.3 Å². The lowest BCUT2D eigenvalue weighted by Gasteiger charge is -2.12. The minimum Gasteiger partial charge on any atom is -0.386 e. The smallest absolute Gasteiger partial charge is 0.191 e. The van der Waals surface area contributed by atoms with Crippen LogP contribution >= 0.6 is 58.3 Å². The highest BCUT2D eigenvalue weighted by molar-refractivity contribution is 14.0. The lowest BCUT2D eigenvalue weighted by atomic mass is 10.2. The number of hydrogen-bond acceptors (Lipinski definition) is 5. The van der Waals surface area contributed by atoms with E-state index >= 15 is 0 Å². The number of aliphatic hydroxyl groups excluding tert-OH is 1. The Balaban J connectivity index is 0.00000338. The lowest BCUT2D eigenvalue weighted by Crippen LogP contribution is -2.38. The van der Waals surface area contributed by atoms with Gasteiger partial charge in [0.25, 0.3) is 0 Å². The van der Waals surface area contributed by atoms with E-state index < -0.39 is 6.10 Å². The molecule has 0 aliphatic carbocycles. The Hall–Kier alpha value is -0.420. The van der Waals surface area contributed by atoms with Gasteiger partial charge >= 0.3 is 0 Å². The van der Waals surface area contributed by atoms with Crippen molar-refractivity contribution in [3.8, 4) is 0 Å². The summed E-state index contributed by atoms with van der Waals surface area (Å²) in [7, 11) is 0. The summed E-state index contributed by atoms with van der Waals surface area (Å²) >= 11 is 9.02. The largest absolute Gasteiger partial charge is 0.386 e. The number of unbranched alkanes of at least 4 members (excludes halogenated alkanes) is 1. The van der Waals surface area contributed by atoms with E-state index in [2.05, 4.69) is 26.0 Å². The molecule has 0 aliphatic heterocycles. The molecule has 0 aromatic carbocycles. The normalized spacial score (nSPS) is 12.5. The van der Waals surface area contributed by atoms with E-state index in [-0.39, 0.29) is 24.0 Å². The van der Waals surface area contributed by atoms with Crippen LogP contribution in [0.2, 0.25) is 4.34 Å². The maximum atomic E-state index is 10.2. The number of nitrogens with one attached hydrogen (secondary N) is 2. The van der Waals surface area contributed by atoms with Crippen molar-refractivity contribution in [2.75, 3.05) is 19.6 Å². The zero-order chi connectivity index (χ0) is 18.1. The average molecular weight is 529 g/mol. The number of rotatable bonds is 9. The van der Waals surface area contributed by atoms with Gasteiger partial charge in [-0.15, -0.1) is 46.7 Å². The van der Waals surface area contributed by atoms with E-state index in [1.54, 1.807) is 17.4 Å². The topological polar surface area (TPSA) is 69.5 Å². The fraction of sp³-hybridized carbons (Fsp3) is 0.529. The number of aliphatic imine (C=N–C) groups is 1. The number of aliphatic hydroxyl groups is 1. The summed E-state index contributed by atoms with van der Waals surface area (Å²) in [6.07, 6.45) is 2.54. The van der Waals surface area contributed by atoms with E-state index in [0.29, 0.717) is 10.9 Å². The van der Waals surface area contributed by atoms with Crippen LogP contribution in [0.25, 0.3) is 0 Å². The number of halogens is 2. The average Bonchev–Trinajstić information content (AvgIpc) is 3.20. The van der Waals surface area contributed by atoms with Crippen LogP contribution in [0, 0.1) is 6.92 Å². The van der Waals surface area contributed by atoms with Gasteiger partial charge < -0.3 is 15.7 Å².